The Kier molecular flexibility index (Phi) is 1.69. The number of halogens is 1. The smallest absolute Gasteiger partial charge is 0.107 e. The lowest BCUT2D eigenvalue weighted by molar-refractivity contribution is 1.04. The average molecular weight is 259 g/mol. The zero-order valence-electron chi connectivity index (χ0n) is 5.63. The number of hydrogen-bond acceptors (Lipinski definition) is 3. The van der Waals surface area contributed by atoms with E-state index in [0.717, 1.165) is 11.4 Å². The van der Waals surface area contributed by atoms with Crippen molar-refractivity contribution in [1.29, 1.82) is 5.41 Å². The van der Waals surface area contributed by atoms with Crippen molar-refractivity contribution in [2.24, 2.45) is 3.15 Å². The summed E-state index contributed by atoms with van der Waals surface area (Å²) in [6.45, 7) is 0. The maximum atomic E-state index is 7.40. The summed E-state index contributed by atoms with van der Waals surface area (Å²) in [5, 5.41) is 10.4. The van der Waals surface area contributed by atoms with Crippen molar-refractivity contribution in [1.82, 2.24) is 5.32 Å². The van der Waals surface area contributed by atoms with Crippen molar-refractivity contribution in [2.45, 2.75) is 0 Å². The zero-order valence-corrected chi connectivity index (χ0v) is 7.79. The van der Waals surface area contributed by atoms with E-state index in [-0.39, 0.29) is 0 Å². The molecular weight excluding hydrogens is 253 g/mol. The monoisotopic (exact) mass is 259 g/mol. The molecule has 2 aliphatic rings. The van der Waals surface area contributed by atoms with Crippen LogP contribution in [0.3, 0.4) is 0 Å². The molecule has 0 radical (unpaired) electrons. The van der Waals surface area contributed by atoms with Crippen LogP contribution in [0, 0.1) is 5.41 Å². The first kappa shape index (κ1) is 6.90. The third-order valence-electron chi connectivity index (χ3n) is 1.36. The largest absolute Gasteiger partial charge is 0.360 e. The number of rotatable bonds is 0. The molecule has 3 nitrogen and oxygen atoms in total. The Labute approximate surface area is 74.5 Å². The summed E-state index contributed by atoms with van der Waals surface area (Å²) in [6.07, 6.45) is 7.60. The number of nitrogens with zero attached hydrogens (tertiary/aromatic N) is 1. The quantitative estimate of drug-likeness (QED) is 0.642. The highest BCUT2D eigenvalue weighted by Crippen LogP contribution is 2.24. The van der Waals surface area contributed by atoms with E-state index in [1.165, 1.54) is 0 Å². The first-order valence-electron chi connectivity index (χ1n) is 3.15. The molecule has 2 N–H and O–H groups in total. The van der Waals surface area contributed by atoms with Crippen LogP contribution in [0.2, 0.25) is 0 Å². The predicted molar refractivity (Wildman–Crippen MR) is 52.6 cm³/mol. The van der Waals surface area contributed by atoms with E-state index in [4.69, 9.17) is 5.41 Å². The molecule has 0 atom stereocenters. The van der Waals surface area contributed by atoms with Gasteiger partial charge in [0, 0.05) is 6.20 Å². The van der Waals surface area contributed by atoms with Gasteiger partial charge in [0.1, 0.15) is 3.72 Å². The molecular formula is C7H6IN3. The summed E-state index contributed by atoms with van der Waals surface area (Å²) >= 11 is -0.404. The van der Waals surface area contributed by atoms with Gasteiger partial charge < -0.3 is 5.32 Å². The highest BCUT2D eigenvalue weighted by Gasteiger charge is 2.09. The van der Waals surface area contributed by atoms with Crippen LogP contribution in [0.1, 0.15) is 0 Å². The molecule has 0 aromatic heterocycles. The van der Waals surface area contributed by atoms with Crippen molar-refractivity contribution >= 4 is 24.8 Å². The van der Waals surface area contributed by atoms with E-state index < -0.39 is 21.0 Å². The molecule has 0 aromatic carbocycles. The SMILES string of the molecule is N=C1C=C2NC=CC=C2N=I1. The standard InChI is InChI=1S/C7H6IN3/c9-7-4-6-5(11-8-7)2-1-3-10-6/h1-4,9-10H. The number of nitrogens with one attached hydrogen (secondary N) is 2. The second-order valence-corrected chi connectivity index (χ2v) is 4.26. The molecule has 0 amide bonds. The fraction of sp³-hybridized carbons (Fsp3) is 0. The minimum atomic E-state index is -0.404. The molecule has 2 heterocycles. The van der Waals surface area contributed by atoms with Crippen molar-refractivity contribution in [2.75, 3.05) is 0 Å². The van der Waals surface area contributed by atoms with Gasteiger partial charge in [-0.25, -0.2) is 3.15 Å². The topological polar surface area (TPSA) is 48.2 Å². The lowest BCUT2D eigenvalue weighted by atomic mass is 10.2. The second kappa shape index (κ2) is 2.69. The summed E-state index contributed by atoms with van der Waals surface area (Å²) in [7, 11) is 0. The molecule has 2 rings (SSSR count). The number of fused-ring (bicyclic) bond motifs is 1. The van der Waals surface area contributed by atoms with Gasteiger partial charge in [-0.15, -0.1) is 0 Å². The van der Waals surface area contributed by atoms with Crippen LogP contribution in [-0.4, -0.2) is 3.72 Å². The summed E-state index contributed by atoms with van der Waals surface area (Å²) in [5.41, 5.74) is 1.96. The third-order valence-corrected chi connectivity index (χ3v) is 2.95. The van der Waals surface area contributed by atoms with Crippen LogP contribution in [-0.2, 0) is 0 Å². The Morgan fingerprint density at radius 2 is 2.45 bits per heavy atom. The average Bonchev–Trinajstić information content (AvgIpc) is 2.04. The zero-order chi connectivity index (χ0) is 7.68. The molecule has 0 aliphatic carbocycles. The molecule has 0 aromatic rings. The van der Waals surface area contributed by atoms with Crippen LogP contribution in [0.5, 0.6) is 0 Å². The van der Waals surface area contributed by atoms with Crippen molar-refractivity contribution < 1.29 is 0 Å². The van der Waals surface area contributed by atoms with Crippen LogP contribution >= 0.6 is 21.0 Å². The predicted octanol–water partition coefficient (Wildman–Crippen LogP) is 2.02. The fourth-order valence-corrected chi connectivity index (χ4v) is 2.26. The molecule has 0 unspecified atom stereocenters. The summed E-state index contributed by atoms with van der Waals surface area (Å²) in [5.74, 6) is 0. The van der Waals surface area contributed by atoms with Gasteiger partial charge in [0.15, 0.2) is 0 Å². The van der Waals surface area contributed by atoms with E-state index >= 15 is 0 Å². The Balaban J connectivity index is 2.44. The van der Waals surface area contributed by atoms with Gasteiger partial charge in [0.25, 0.3) is 0 Å². The van der Waals surface area contributed by atoms with Crippen LogP contribution < -0.4 is 5.32 Å². The first-order chi connectivity index (χ1) is 5.36. The summed E-state index contributed by atoms with van der Waals surface area (Å²) < 4.78 is 4.96. The normalized spacial score (nSPS) is 20.9. The lowest BCUT2D eigenvalue weighted by Crippen LogP contribution is -2.11. The molecule has 0 spiro atoms. The van der Waals surface area contributed by atoms with Gasteiger partial charge in [0.05, 0.1) is 32.4 Å². The Hall–Kier alpha value is -0.780. The van der Waals surface area contributed by atoms with Crippen molar-refractivity contribution in [3.63, 3.8) is 0 Å². The third kappa shape index (κ3) is 1.30. The van der Waals surface area contributed by atoms with Gasteiger partial charge in [0.2, 0.25) is 0 Å². The van der Waals surface area contributed by atoms with E-state index in [1.807, 2.05) is 24.4 Å². The van der Waals surface area contributed by atoms with E-state index in [2.05, 4.69) is 8.46 Å². The Morgan fingerprint density at radius 3 is 3.36 bits per heavy atom. The molecule has 0 fully saturated rings. The Bertz CT molecular complexity index is 323. The lowest BCUT2D eigenvalue weighted by Gasteiger charge is -2.13. The van der Waals surface area contributed by atoms with Gasteiger partial charge in [-0.1, -0.05) is 0 Å². The van der Waals surface area contributed by atoms with Gasteiger partial charge >= 0.3 is 0 Å². The van der Waals surface area contributed by atoms with Crippen molar-refractivity contribution in [3.8, 4) is 0 Å². The van der Waals surface area contributed by atoms with Crippen LogP contribution in [0.4, 0.5) is 0 Å². The maximum absolute atomic E-state index is 7.40. The summed E-state index contributed by atoms with van der Waals surface area (Å²) in [4.78, 5) is 0. The minimum absolute atomic E-state index is 0.404. The highest BCUT2D eigenvalue weighted by molar-refractivity contribution is 14.2. The number of allylic oxidation sites excluding steroid dienone is 3. The molecule has 2 aliphatic heterocycles. The molecule has 11 heavy (non-hydrogen) atoms. The van der Waals surface area contributed by atoms with E-state index in [1.54, 1.807) is 0 Å². The maximum Gasteiger partial charge on any atom is 0.107 e. The van der Waals surface area contributed by atoms with Gasteiger partial charge in [-0.2, -0.15) is 0 Å². The molecule has 4 heteroatoms. The van der Waals surface area contributed by atoms with E-state index in [0.29, 0.717) is 3.72 Å². The molecule has 56 valence electrons. The van der Waals surface area contributed by atoms with Gasteiger partial charge in [-0.05, 0) is 18.2 Å². The molecule has 0 bridgehead atoms. The molecule has 0 saturated heterocycles. The van der Waals surface area contributed by atoms with Crippen LogP contribution in [0.25, 0.3) is 0 Å². The minimum Gasteiger partial charge on any atom is -0.360 e. The molecule has 0 saturated carbocycles. The fourth-order valence-electron chi connectivity index (χ4n) is 0.872. The first-order valence-corrected chi connectivity index (χ1v) is 5.20. The second-order valence-electron chi connectivity index (χ2n) is 2.13. The number of hydrogen-bond donors (Lipinski definition) is 2. The highest BCUT2D eigenvalue weighted by atomic mass is 127. The van der Waals surface area contributed by atoms with E-state index in [9.17, 15) is 0 Å². The number of dihydropyridines is 1. The van der Waals surface area contributed by atoms with Crippen molar-refractivity contribution in [3.05, 3.63) is 35.8 Å². The summed E-state index contributed by atoms with van der Waals surface area (Å²) in [6, 6.07) is 0. The Morgan fingerprint density at radius 1 is 1.55 bits per heavy atom. The van der Waals surface area contributed by atoms with Crippen LogP contribution in [0.15, 0.2) is 39.0 Å². The van der Waals surface area contributed by atoms with Gasteiger partial charge in [-0.3, -0.25) is 5.41 Å².